The molecule has 1 heterocycles. The molecule has 8 heteroatoms. The fourth-order valence-corrected chi connectivity index (χ4v) is 4.57. The quantitative estimate of drug-likeness (QED) is 0.495. The van der Waals surface area contributed by atoms with Crippen molar-refractivity contribution in [3.63, 3.8) is 0 Å². The van der Waals surface area contributed by atoms with Crippen LogP contribution in [-0.2, 0) is 9.59 Å². The topological polar surface area (TPSA) is 117 Å². The van der Waals surface area contributed by atoms with Crippen LogP contribution in [0.15, 0.2) is 0 Å². The molecule has 1 aliphatic rings. The van der Waals surface area contributed by atoms with Crippen LogP contribution in [0.3, 0.4) is 0 Å². The van der Waals surface area contributed by atoms with E-state index in [9.17, 15) is 9.59 Å². The maximum atomic E-state index is 11.3. The average molecular weight is 427 g/mol. The molecule has 1 aliphatic heterocycles. The predicted molar refractivity (Wildman–Crippen MR) is 123 cm³/mol. The second-order valence-electron chi connectivity index (χ2n) is 10.2. The molecular weight excluding hydrogens is 380 g/mol. The van der Waals surface area contributed by atoms with E-state index in [1.807, 2.05) is 0 Å². The molecule has 0 aliphatic carbocycles. The summed E-state index contributed by atoms with van der Waals surface area (Å²) in [7, 11) is 0. The van der Waals surface area contributed by atoms with Crippen molar-refractivity contribution in [1.29, 1.82) is 0 Å². The van der Waals surface area contributed by atoms with Crippen LogP contribution in [0.5, 0.6) is 0 Å². The molecule has 0 spiro atoms. The Labute approximate surface area is 183 Å². The van der Waals surface area contributed by atoms with E-state index in [1.54, 1.807) is 0 Å². The smallest absolute Gasteiger partial charge is 0.218 e. The van der Waals surface area contributed by atoms with E-state index in [2.05, 4.69) is 62.0 Å². The van der Waals surface area contributed by atoms with Gasteiger partial charge < -0.3 is 22.1 Å². The van der Waals surface area contributed by atoms with Crippen molar-refractivity contribution in [2.45, 2.75) is 90.4 Å². The number of hydrogen-bond acceptors (Lipinski definition) is 6. The lowest BCUT2D eigenvalue weighted by Crippen LogP contribution is -2.53. The standard InChI is InChI=1S/C22H46N6O2/c1-17-15-21(3,4)25-10-14-28(12-8-20(24)30)18(2)16-22(5,6)26-9-13-27(17)11-7-19(23)29/h17-18,25-26H,7-16H2,1-6H3,(H2,23,29)(H2,24,30)/t17-,18-/m1/s1. The Bertz CT molecular complexity index is 504. The van der Waals surface area contributed by atoms with Crippen LogP contribution in [0.1, 0.15) is 67.2 Å². The van der Waals surface area contributed by atoms with Gasteiger partial charge in [0.25, 0.3) is 0 Å². The van der Waals surface area contributed by atoms with Crippen molar-refractivity contribution in [3.05, 3.63) is 0 Å². The molecule has 0 aromatic heterocycles. The van der Waals surface area contributed by atoms with Gasteiger partial charge in [-0.25, -0.2) is 0 Å². The summed E-state index contributed by atoms with van der Waals surface area (Å²) in [5.74, 6) is -0.505. The summed E-state index contributed by atoms with van der Waals surface area (Å²) in [6.45, 7) is 18.1. The fourth-order valence-electron chi connectivity index (χ4n) is 4.57. The van der Waals surface area contributed by atoms with Gasteiger partial charge in [0, 0.05) is 75.3 Å². The summed E-state index contributed by atoms with van der Waals surface area (Å²) in [6, 6.07) is 0.647. The van der Waals surface area contributed by atoms with Crippen molar-refractivity contribution in [1.82, 2.24) is 20.4 Å². The van der Waals surface area contributed by atoms with Crippen molar-refractivity contribution in [2.75, 3.05) is 39.3 Å². The van der Waals surface area contributed by atoms with Gasteiger partial charge in [0.2, 0.25) is 11.8 Å². The first-order valence-electron chi connectivity index (χ1n) is 11.4. The molecule has 0 saturated carbocycles. The second kappa shape index (κ2) is 12.0. The lowest BCUT2D eigenvalue weighted by atomic mass is 9.93. The molecule has 0 aromatic rings. The van der Waals surface area contributed by atoms with Crippen molar-refractivity contribution < 1.29 is 9.59 Å². The molecule has 1 fully saturated rings. The van der Waals surface area contributed by atoms with E-state index in [0.717, 1.165) is 39.0 Å². The van der Waals surface area contributed by atoms with Crippen LogP contribution in [0.4, 0.5) is 0 Å². The molecule has 1 rings (SSSR count). The molecule has 0 aromatic carbocycles. The largest absolute Gasteiger partial charge is 0.370 e. The number of hydrogen-bond donors (Lipinski definition) is 4. The molecule has 2 atom stereocenters. The van der Waals surface area contributed by atoms with Crippen molar-refractivity contribution in [2.24, 2.45) is 11.5 Å². The minimum absolute atomic E-state index is 0.0419. The molecule has 0 radical (unpaired) electrons. The first-order valence-corrected chi connectivity index (χ1v) is 11.4. The third kappa shape index (κ3) is 10.7. The maximum absolute atomic E-state index is 11.3. The monoisotopic (exact) mass is 426 g/mol. The Morgan fingerprint density at radius 1 is 0.800 bits per heavy atom. The van der Waals surface area contributed by atoms with Crippen LogP contribution in [0.2, 0.25) is 0 Å². The van der Waals surface area contributed by atoms with E-state index in [0.29, 0.717) is 38.0 Å². The number of nitrogens with two attached hydrogens (primary N) is 2. The van der Waals surface area contributed by atoms with E-state index < -0.39 is 0 Å². The highest BCUT2D eigenvalue weighted by molar-refractivity contribution is 5.74. The number of primary amides is 2. The average Bonchev–Trinajstić information content (AvgIpc) is 2.58. The molecule has 0 bridgehead atoms. The second-order valence-corrected chi connectivity index (χ2v) is 10.2. The summed E-state index contributed by atoms with van der Waals surface area (Å²) < 4.78 is 0. The third-order valence-corrected chi connectivity index (χ3v) is 6.15. The highest BCUT2D eigenvalue weighted by Gasteiger charge is 2.28. The van der Waals surface area contributed by atoms with E-state index in [-0.39, 0.29) is 22.9 Å². The first-order chi connectivity index (χ1) is 13.8. The summed E-state index contributed by atoms with van der Waals surface area (Å²) in [5.41, 5.74) is 10.7. The SMILES string of the molecule is C[C@@H]1CC(C)(C)NCCN(CCC(N)=O)[C@H](C)CC(C)(C)NCCN1CCC(N)=O. The molecule has 30 heavy (non-hydrogen) atoms. The Morgan fingerprint density at radius 2 is 1.13 bits per heavy atom. The number of carbonyl (C=O) groups is 2. The van der Waals surface area contributed by atoms with Crippen LogP contribution in [-0.4, -0.2) is 84.0 Å². The number of nitrogens with zero attached hydrogens (tertiary/aromatic N) is 2. The Hall–Kier alpha value is -1.22. The maximum Gasteiger partial charge on any atom is 0.218 e. The van der Waals surface area contributed by atoms with Gasteiger partial charge in [-0.1, -0.05) is 0 Å². The summed E-state index contributed by atoms with van der Waals surface area (Å²) in [4.78, 5) is 27.4. The van der Waals surface area contributed by atoms with Gasteiger partial charge in [-0.2, -0.15) is 0 Å². The van der Waals surface area contributed by atoms with Crippen LogP contribution in [0, 0.1) is 0 Å². The number of rotatable bonds is 6. The van der Waals surface area contributed by atoms with Gasteiger partial charge in [-0.05, 0) is 54.4 Å². The van der Waals surface area contributed by atoms with Gasteiger partial charge in [-0.15, -0.1) is 0 Å². The van der Waals surface area contributed by atoms with Gasteiger partial charge in [-0.3, -0.25) is 19.4 Å². The van der Waals surface area contributed by atoms with Crippen molar-refractivity contribution in [3.8, 4) is 0 Å². The number of carbonyl (C=O) groups excluding carboxylic acids is 2. The zero-order valence-corrected chi connectivity index (χ0v) is 20.1. The van der Waals surface area contributed by atoms with E-state index >= 15 is 0 Å². The minimum Gasteiger partial charge on any atom is -0.370 e. The lowest BCUT2D eigenvalue weighted by Gasteiger charge is -2.40. The van der Waals surface area contributed by atoms with Crippen molar-refractivity contribution >= 4 is 11.8 Å². The summed E-state index contributed by atoms with van der Waals surface area (Å²) in [5, 5.41) is 7.39. The molecule has 0 unspecified atom stereocenters. The van der Waals surface area contributed by atoms with Gasteiger partial charge in [0.05, 0.1) is 0 Å². The molecule has 1 saturated heterocycles. The zero-order valence-electron chi connectivity index (χ0n) is 20.1. The number of amides is 2. The fraction of sp³-hybridized carbons (Fsp3) is 0.909. The molecule has 6 N–H and O–H groups in total. The zero-order chi connectivity index (χ0) is 22.9. The van der Waals surface area contributed by atoms with E-state index in [4.69, 9.17) is 11.5 Å². The van der Waals surface area contributed by atoms with Crippen LogP contribution in [0.25, 0.3) is 0 Å². The van der Waals surface area contributed by atoms with Gasteiger partial charge in [0.1, 0.15) is 0 Å². The Kier molecular flexibility index (Phi) is 10.7. The normalized spacial score (nSPS) is 27.3. The molecule has 2 amide bonds. The Balaban J connectivity index is 2.93. The summed E-state index contributed by atoms with van der Waals surface area (Å²) >= 11 is 0. The first kappa shape index (κ1) is 26.8. The van der Waals surface area contributed by atoms with E-state index in [1.165, 1.54) is 0 Å². The molecular formula is C22H46N6O2. The summed E-state index contributed by atoms with van der Waals surface area (Å²) in [6.07, 6.45) is 2.69. The third-order valence-electron chi connectivity index (χ3n) is 6.15. The van der Waals surface area contributed by atoms with Crippen LogP contribution < -0.4 is 22.1 Å². The minimum atomic E-state index is -0.253. The lowest BCUT2D eigenvalue weighted by molar-refractivity contribution is -0.119. The van der Waals surface area contributed by atoms with Crippen LogP contribution >= 0.6 is 0 Å². The predicted octanol–water partition coefficient (Wildman–Crippen LogP) is 0.648. The molecule has 176 valence electrons. The van der Waals surface area contributed by atoms with Gasteiger partial charge in [0.15, 0.2) is 0 Å². The number of nitrogens with one attached hydrogen (secondary N) is 2. The molecule has 8 nitrogen and oxygen atoms in total. The van der Waals surface area contributed by atoms with Gasteiger partial charge >= 0.3 is 0 Å². The Morgan fingerprint density at radius 3 is 1.43 bits per heavy atom. The highest BCUT2D eigenvalue weighted by Crippen LogP contribution is 2.19. The highest BCUT2D eigenvalue weighted by atomic mass is 16.1.